The van der Waals surface area contributed by atoms with Gasteiger partial charge < -0.3 is 20.1 Å². The summed E-state index contributed by atoms with van der Waals surface area (Å²) in [4.78, 5) is 14.0. The van der Waals surface area contributed by atoms with Crippen molar-refractivity contribution in [3.05, 3.63) is 29.6 Å². The van der Waals surface area contributed by atoms with Gasteiger partial charge in [-0.25, -0.2) is 4.39 Å². The topological polar surface area (TPSA) is 64.8 Å². The fourth-order valence-electron chi connectivity index (χ4n) is 2.14. The van der Waals surface area contributed by atoms with Gasteiger partial charge in [0, 0.05) is 13.1 Å². The second kappa shape index (κ2) is 5.99. The molecule has 104 valence electrons. The maximum Gasteiger partial charge on any atom is 0.261 e. The number of hydrogen-bond donors (Lipinski definition) is 1. The maximum atomic E-state index is 13.9. The summed E-state index contributed by atoms with van der Waals surface area (Å²) in [5.41, 5.74) is 5.57. The molecule has 0 spiro atoms. The Morgan fingerprint density at radius 1 is 1.63 bits per heavy atom. The number of nitrogens with two attached hydrogens (primary N) is 1. The largest absolute Gasteiger partial charge is 0.496 e. The van der Waals surface area contributed by atoms with Crippen LogP contribution in [-0.2, 0) is 4.74 Å². The van der Waals surface area contributed by atoms with Gasteiger partial charge in [0.05, 0.1) is 26.4 Å². The Balaban J connectivity index is 2.32. The van der Waals surface area contributed by atoms with Gasteiger partial charge in [-0.2, -0.15) is 0 Å². The summed E-state index contributed by atoms with van der Waals surface area (Å²) >= 11 is 0. The van der Waals surface area contributed by atoms with E-state index in [9.17, 15) is 9.18 Å². The number of methoxy groups -OCH3 is 1. The number of carbonyl (C=O) groups is 1. The fourth-order valence-corrected chi connectivity index (χ4v) is 2.14. The number of hydrogen-bond acceptors (Lipinski definition) is 4. The van der Waals surface area contributed by atoms with Gasteiger partial charge in [0.1, 0.15) is 17.1 Å². The van der Waals surface area contributed by atoms with E-state index in [1.165, 1.54) is 19.2 Å². The number of ether oxygens (including phenoxy) is 2. The van der Waals surface area contributed by atoms with Crippen LogP contribution in [0, 0.1) is 5.82 Å². The van der Waals surface area contributed by atoms with Crippen molar-refractivity contribution in [2.45, 2.75) is 6.04 Å². The van der Waals surface area contributed by atoms with Crippen molar-refractivity contribution in [1.82, 2.24) is 4.90 Å². The van der Waals surface area contributed by atoms with Crippen LogP contribution in [0.15, 0.2) is 18.2 Å². The minimum atomic E-state index is -0.591. The Bertz CT molecular complexity index is 467. The molecule has 0 saturated carbocycles. The zero-order chi connectivity index (χ0) is 13.8. The average molecular weight is 268 g/mol. The molecule has 1 unspecified atom stereocenters. The number of benzene rings is 1. The molecular formula is C13H17FN2O3. The normalized spacial score (nSPS) is 19.3. The third kappa shape index (κ3) is 2.69. The molecule has 0 radical (unpaired) electrons. The molecule has 5 nitrogen and oxygen atoms in total. The van der Waals surface area contributed by atoms with Gasteiger partial charge >= 0.3 is 0 Å². The van der Waals surface area contributed by atoms with Crippen molar-refractivity contribution in [2.75, 3.05) is 33.4 Å². The third-order valence-corrected chi connectivity index (χ3v) is 3.17. The van der Waals surface area contributed by atoms with Crippen LogP contribution in [0.2, 0.25) is 0 Å². The van der Waals surface area contributed by atoms with Crippen molar-refractivity contribution in [3.63, 3.8) is 0 Å². The second-order valence-corrected chi connectivity index (χ2v) is 4.28. The monoisotopic (exact) mass is 268 g/mol. The summed E-state index contributed by atoms with van der Waals surface area (Å²) < 4.78 is 24.2. The minimum Gasteiger partial charge on any atom is -0.496 e. The highest BCUT2D eigenvalue weighted by molar-refractivity contribution is 5.97. The van der Waals surface area contributed by atoms with Crippen molar-refractivity contribution in [3.8, 4) is 5.75 Å². The van der Waals surface area contributed by atoms with Crippen LogP contribution in [0.5, 0.6) is 5.75 Å². The molecular weight excluding hydrogens is 251 g/mol. The number of nitrogens with zero attached hydrogens (tertiary/aromatic N) is 1. The molecule has 1 atom stereocenters. The first-order valence-corrected chi connectivity index (χ1v) is 6.10. The minimum absolute atomic E-state index is 0.0506. The summed E-state index contributed by atoms with van der Waals surface area (Å²) in [6, 6.07) is 4.08. The molecule has 0 aliphatic carbocycles. The van der Waals surface area contributed by atoms with Gasteiger partial charge in [-0.05, 0) is 12.1 Å². The average Bonchev–Trinajstić information content (AvgIpc) is 2.46. The molecule has 1 heterocycles. The summed E-state index contributed by atoms with van der Waals surface area (Å²) in [7, 11) is 1.41. The lowest BCUT2D eigenvalue weighted by Crippen LogP contribution is -2.52. The molecule has 1 amide bonds. The fraction of sp³-hybridized carbons (Fsp3) is 0.462. The van der Waals surface area contributed by atoms with Crippen LogP contribution in [0.25, 0.3) is 0 Å². The first-order chi connectivity index (χ1) is 9.19. The van der Waals surface area contributed by atoms with E-state index >= 15 is 0 Å². The first-order valence-electron chi connectivity index (χ1n) is 6.10. The van der Waals surface area contributed by atoms with E-state index in [0.717, 1.165) is 0 Å². The van der Waals surface area contributed by atoms with Gasteiger partial charge in [-0.3, -0.25) is 4.79 Å². The number of amides is 1. The predicted octanol–water partition coefficient (Wildman–Crippen LogP) is 0.634. The molecule has 0 bridgehead atoms. The standard InChI is InChI=1S/C13H17FN2O3/c1-18-11-4-2-3-10(14)12(11)13(17)16-5-6-19-8-9(16)7-15/h2-4,9H,5-8,15H2,1H3. The van der Waals surface area contributed by atoms with Gasteiger partial charge in [-0.15, -0.1) is 0 Å². The van der Waals surface area contributed by atoms with E-state index in [-0.39, 0.29) is 23.9 Å². The molecule has 1 aromatic carbocycles. The lowest BCUT2D eigenvalue weighted by molar-refractivity contribution is 0.000439. The van der Waals surface area contributed by atoms with Crippen molar-refractivity contribution >= 4 is 5.91 Å². The van der Waals surface area contributed by atoms with Crippen LogP contribution < -0.4 is 10.5 Å². The van der Waals surface area contributed by atoms with E-state index in [4.69, 9.17) is 15.2 Å². The number of halogens is 1. The highest BCUT2D eigenvalue weighted by Crippen LogP contribution is 2.24. The van der Waals surface area contributed by atoms with Crippen molar-refractivity contribution in [2.24, 2.45) is 5.73 Å². The summed E-state index contributed by atoms with van der Waals surface area (Å²) in [5.74, 6) is -0.771. The molecule has 19 heavy (non-hydrogen) atoms. The van der Waals surface area contributed by atoms with Crippen LogP contribution in [-0.4, -0.2) is 50.3 Å². The van der Waals surface area contributed by atoms with E-state index in [1.54, 1.807) is 11.0 Å². The summed E-state index contributed by atoms with van der Waals surface area (Å²) in [6.45, 7) is 1.48. The highest BCUT2D eigenvalue weighted by Gasteiger charge is 2.30. The Morgan fingerprint density at radius 3 is 3.11 bits per heavy atom. The first kappa shape index (κ1) is 13.8. The van der Waals surface area contributed by atoms with E-state index in [0.29, 0.717) is 19.8 Å². The smallest absolute Gasteiger partial charge is 0.261 e. The molecule has 6 heteroatoms. The highest BCUT2D eigenvalue weighted by atomic mass is 19.1. The molecule has 1 saturated heterocycles. The second-order valence-electron chi connectivity index (χ2n) is 4.28. The number of carbonyl (C=O) groups excluding carboxylic acids is 1. The van der Waals surface area contributed by atoms with Crippen LogP contribution in [0.1, 0.15) is 10.4 Å². The molecule has 1 fully saturated rings. The Labute approximate surface area is 111 Å². The lowest BCUT2D eigenvalue weighted by atomic mass is 10.1. The maximum absolute atomic E-state index is 13.9. The van der Waals surface area contributed by atoms with E-state index in [2.05, 4.69) is 0 Å². The summed E-state index contributed by atoms with van der Waals surface area (Å²) in [6.07, 6.45) is 0. The lowest BCUT2D eigenvalue weighted by Gasteiger charge is -2.35. The predicted molar refractivity (Wildman–Crippen MR) is 67.6 cm³/mol. The Hall–Kier alpha value is -1.66. The van der Waals surface area contributed by atoms with Crippen molar-refractivity contribution < 1.29 is 18.7 Å². The molecule has 1 aliphatic rings. The molecule has 0 aromatic heterocycles. The van der Waals surface area contributed by atoms with Crippen molar-refractivity contribution in [1.29, 1.82) is 0 Å². The Morgan fingerprint density at radius 2 is 2.42 bits per heavy atom. The Kier molecular flexibility index (Phi) is 4.34. The summed E-state index contributed by atoms with van der Waals surface area (Å²) in [5, 5.41) is 0. The van der Waals surface area contributed by atoms with Crippen LogP contribution in [0.3, 0.4) is 0 Å². The molecule has 2 rings (SSSR count). The molecule has 1 aromatic rings. The molecule has 1 aliphatic heterocycles. The van der Waals surface area contributed by atoms with Gasteiger partial charge in [-0.1, -0.05) is 6.07 Å². The van der Waals surface area contributed by atoms with E-state index in [1.807, 2.05) is 0 Å². The number of morpholine rings is 1. The third-order valence-electron chi connectivity index (χ3n) is 3.17. The zero-order valence-electron chi connectivity index (χ0n) is 10.8. The van der Waals surface area contributed by atoms with Gasteiger partial charge in [0.25, 0.3) is 5.91 Å². The quantitative estimate of drug-likeness (QED) is 0.873. The zero-order valence-corrected chi connectivity index (χ0v) is 10.8. The van der Waals surface area contributed by atoms with Crippen LogP contribution in [0.4, 0.5) is 4.39 Å². The van der Waals surface area contributed by atoms with Gasteiger partial charge in [0.15, 0.2) is 0 Å². The van der Waals surface area contributed by atoms with Crippen LogP contribution >= 0.6 is 0 Å². The van der Waals surface area contributed by atoms with E-state index < -0.39 is 11.7 Å². The van der Waals surface area contributed by atoms with Gasteiger partial charge in [0.2, 0.25) is 0 Å². The SMILES string of the molecule is COc1cccc(F)c1C(=O)N1CCOCC1CN. The molecule has 2 N–H and O–H groups in total. The number of rotatable bonds is 3.